The average Bonchev–Trinajstić information content (AvgIpc) is 4.56. The zero-order chi connectivity index (χ0) is 62.5. The van der Waals surface area contributed by atoms with Crippen LogP contribution < -0.4 is 17.2 Å². The molecule has 0 amide bonds. The van der Waals surface area contributed by atoms with Gasteiger partial charge in [-0.3, -0.25) is 13.7 Å². The zero-order valence-corrected chi connectivity index (χ0v) is 51.1. The minimum Gasteiger partial charge on any atom is -0.400 e. The number of hydrogen-bond donors (Lipinski definition) is 9. The number of anilines is 3. The van der Waals surface area contributed by atoms with Crippen molar-refractivity contribution in [2.24, 2.45) is 11.8 Å². The van der Waals surface area contributed by atoms with E-state index < -0.39 is 30.8 Å². The van der Waals surface area contributed by atoms with Crippen molar-refractivity contribution in [2.75, 3.05) is 94.4 Å². The zero-order valence-electron chi connectivity index (χ0n) is 48.7. The second-order valence-electron chi connectivity index (χ2n) is 16.8. The molecule has 9 rings (SSSR count). The van der Waals surface area contributed by atoms with Crippen molar-refractivity contribution in [3.05, 3.63) is 38.0 Å². The Labute approximate surface area is 489 Å². The molecular formula is C49H87N15O14S3. The number of methoxy groups -OCH3 is 5. The van der Waals surface area contributed by atoms with Gasteiger partial charge >= 0.3 is 0 Å². The summed E-state index contributed by atoms with van der Waals surface area (Å²) in [7, 11) is 12.1. The number of aromatic nitrogens is 12. The predicted molar refractivity (Wildman–Crippen MR) is 320 cm³/mol. The van der Waals surface area contributed by atoms with Crippen LogP contribution in [0.25, 0.3) is 33.5 Å². The fraction of sp³-hybridized carbons (Fsp3) is 0.633. The molecule has 3 fully saturated rings. The Kier molecular flexibility index (Phi) is 41.7. The number of rotatable bonds is 12. The van der Waals surface area contributed by atoms with Crippen molar-refractivity contribution < 1.29 is 68.5 Å². The highest BCUT2D eigenvalue weighted by Crippen LogP contribution is 2.40. The van der Waals surface area contributed by atoms with Crippen molar-refractivity contribution in [3.8, 4) is 0 Å². The van der Waals surface area contributed by atoms with E-state index in [1.165, 1.54) is 37.0 Å². The molecule has 3 aliphatic heterocycles. The molecule has 0 saturated carbocycles. The lowest BCUT2D eigenvalue weighted by atomic mass is 9.99. The van der Waals surface area contributed by atoms with Gasteiger partial charge in [-0.15, -0.1) is 0 Å². The minimum absolute atomic E-state index is 0.0755. The number of fused-ring (bicyclic) bond motifs is 3. The van der Waals surface area contributed by atoms with Gasteiger partial charge in [-0.1, -0.05) is 77.7 Å². The van der Waals surface area contributed by atoms with Crippen LogP contribution in [-0.2, 0) is 37.9 Å². The van der Waals surface area contributed by atoms with Crippen LogP contribution in [0.2, 0.25) is 0 Å². The van der Waals surface area contributed by atoms with Gasteiger partial charge in [0.25, 0.3) is 0 Å². The number of nitrogen functional groups attached to an aromatic ring is 3. The van der Waals surface area contributed by atoms with Crippen molar-refractivity contribution in [1.29, 1.82) is 0 Å². The largest absolute Gasteiger partial charge is 0.400 e. The third-order valence-corrected chi connectivity index (χ3v) is 11.3. The topological polar surface area (TPSA) is 404 Å². The molecule has 9 heterocycles. The molecule has 81 heavy (non-hydrogen) atoms. The number of ether oxygens (including phenoxy) is 8. The molecule has 0 aliphatic carbocycles. The fourth-order valence-electron chi connectivity index (χ4n) is 8.28. The Balaban J connectivity index is 0. The maximum atomic E-state index is 10.1. The van der Waals surface area contributed by atoms with Crippen LogP contribution >= 0.6 is 36.7 Å². The molecule has 0 aromatic carbocycles. The van der Waals surface area contributed by atoms with Crippen LogP contribution in [0, 0.1) is 11.8 Å². The third kappa shape index (κ3) is 20.6. The first-order valence-corrected chi connectivity index (χ1v) is 26.3. The van der Waals surface area contributed by atoms with Crippen LogP contribution in [0.4, 0.5) is 17.5 Å². The van der Waals surface area contributed by atoms with E-state index in [9.17, 15) is 10.2 Å². The molecule has 3 aliphatic rings. The summed E-state index contributed by atoms with van der Waals surface area (Å²) >= 11 is 11.5. The minimum atomic E-state index is -1.11. The lowest BCUT2D eigenvalue weighted by Gasteiger charge is -2.21. The van der Waals surface area contributed by atoms with E-state index in [-0.39, 0.29) is 55.1 Å². The molecule has 6 aromatic heterocycles. The maximum absolute atomic E-state index is 10.1. The van der Waals surface area contributed by atoms with Gasteiger partial charge in [-0.2, -0.15) is 0 Å². The van der Waals surface area contributed by atoms with Crippen LogP contribution in [0.15, 0.2) is 38.0 Å². The summed E-state index contributed by atoms with van der Waals surface area (Å²) in [4.78, 5) is 37.0. The van der Waals surface area contributed by atoms with Crippen LogP contribution in [0.5, 0.6) is 0 Å². The van der Waals surface area contributed by atoms with Crippen LogP contribution in [-0.4, -0.2) is 233 Å². The molecule has 3 saturated heterocycles. The van der Waals surface area contributed by atoms with Gasteiger partial charge in [0.15, 0.2) is 46.9 Å². The van der Waals surface area contributed by atoms with Gasteiger partial charge in [-0.05, 0) is 29.9 Å². The van der Waals surface area contributed by atoms with Gasteiger partial charge in [0.2, 0.25) is 0 Å². The van der Waals surface area contributed by atoms with Crippen LogP contribution in [0.1, 0.15) is 66.1 Å². The Bertz CT molecular complexity index is 2550. The number of imidazole rings is 3. The lowest BCUT2D eigenvalue weighted by Crippen LogP contribution is -2.36. The first-order valence-electron chi connectivity index (χ1n) is 24.6. The molecular weight excluding hydrogens is 1120 g/mol. The number of hydrogen-bond acceptors (Lipinski definition) is 29. The second kappa shape index (κ2) is 43.4. The smallest absolute Gasteiger partial charge is 0.167 e. The molecule has 12 N–H and O–H groups in total. The molecule has 0 radical (unpaired) electrons. The molecule has 6 aromatic rings. The van der Waals surface area contributed by atoms with Gasteiger partial charge in [0, 0.05) is 69.9 Å². The monoisotopic (exact) mass is 1210 g/mol. The summed E-state index contributed by atoms with van der Waals surface area (Å²) in [5.41, 5.74) is 20.7. The van der Waals surface area contributed by atoms with Gasteiger partial charge < -0.3 is 85.7 Å². The first kappa shape index (κ1) is 77.8. The highest BCUT2D eigenvalue weighted by Gasteiger charge is 2.47. The molecule has 29 nitrogen and oxygen atoms in total. The lowest BCUT2D eigenvalue weighted by molar-refractivity contribution is -0.0636. The van der Waals surface area contributed by atoms with Gasteiger partial charge in [0.1, 0.15) is 78.4 Å². The number of aliphatic hydroxyl groups excluding tert-OH is 6. The Morgan fingerprint density at radius 2 is 0.840 bits per heavy atom. The highest BCUT2D eigenvalue weighted by atomic mass is 32.1. The van der Waals surface area contributed by atoms with Crippen molar-refractivity contribution in [1.82, 2.24) is 58.6 Å². The Hall–Kier alpha value is -5.24. The van der Waals surface area contributed by atoms with E-state index in [1.807, 2.05) is 4.57 Å². The summed E-state index contributed by atoms with van der Waals surface area (Å²) in [5, 5.41) is 48.0. The molecule has 460 valence electrons. The van der Waals surface area contributed by atoms with Crippen molar-refractivity contribution in [2.45, 2.75) is 115 Å². The number of nitrogens with two attached hydrogens (primary N) is 3. The molecule has 32 heteroatoms. The van der Waals surface area contributed by atoms with E-state index in [0.717, 1.165) is 47.2 Å². The van der Waals surface area contributed by atoms with E-state index in [4.69, 9.17) is 75.5 Å². The molecule has 0 bridgehead atoms. The summed E-state index contributed by atoms with van der Waals surface area (Å²) in [6.45, 7) is 11.4. The summed E-state index contributed by atoms with van der Waals surface area (Å²) in [5.74, 6) is 10.5. The molecule has 12 unspecified atom stereocenters. The first-order chi connectivity index (χ1) is 39.2. The Morgan fingerprint density at radius 3 is 1.20 bits per heavy atom. The summed E-state index contributed by atoms with van der Waals surface area (Å²) in [6, 6.07) is 0. The van der Waals surface area contributed by atoms with Crippen molar-refractivity contribution >= 4 is 105 Å². The maximum Gasteiger partial charge on any atom is 0.167 e. The fourth-order valence-corrected chi connectivity index (χ4v) is 8.28. The second-order valence-corrected chi connectivity index (χ2v) is 16.8. The summed E-state index contributed by atoms with van der Waals surface area (Å²) < 4.78 is 50.0. The summed E-state index contributed by atoms with van der Waals surface area (Å²) in [6.07, 6.45) is 6.17. The quantitative estimate of drug-likeness (QED) is 0.0794. The number of thiocarbonyl (C=S) groups is 3. The number of aliphatic hydroxyl groups is 6. The molecule has 0 spiro atoms. The van der Waals surface area contributed by atoms with Gasteiger partial charge in [0.05, 0.1) is 44.4 Å². The van der Waals surface area contributed by atoms with Gasteiger partial charge in [-0.25, -0.2) is 44.9 Å². The third-order valence-electron chi connectivity index (χ3n) is 11.3. The van der Waals surface area contributed by atoms with E-state index >= 15 is 0 Å². The highest BCUT2D eigenvalue weighted by molar-refractivity contribution is 7.77. The van der Waals surface area contributed by atoms with Crippen LogP contribution in [0.3, 0.4) is 0 Å². The SMILES string of the molecule is C=S.C=S.C=S.CC(C)C.CCCC1OC(n2cnc3c(N)ncnc32)C(C)C1OC.CO.CO.CO.CO.COCC1OC(n2cnc3c(N)ncnc32)C(O)C1O.COCC1OC(n2cnc3c(N)ncnc32)C(OC)C1OC. The van der Waals surface area contributed by atoms with Crippen molar-refractivity contribution in [3.63, 3.8) is 0 Å². The predicted octanol–water partition coefficient (Wildman–Crippen LogP) is 2.36. The van der Waals surface area contributed by atoms with E-state index in [2.05, 4.69) is 134 Å². The number of nitrogens with zero attached hydrogens (tertiary/aromatic N) is 12. The van der Waals surface area contributed by atoms with E-state index in [0.29, 0.717) is 51.7 Å². The van der Waals surface area contributed by atoms with E-state index in [1.54, 1.807) is 45.7 Å². The Morgan fingerprint density at radius 1 is 0.506 bits per heavy atom. The standard InChI is InChI=1S/C14H21N5O2.C13H19N5O4.C11H15N5O4.C4H10.4CH4O.3CH2S/c1-4-5-9-11(20-3)8(2)14(21-9)19-7-18-10-12(15)16-6-17-13(10)19;1-19-4-7-9(20-2)10(21-3)13(22-7)18-6-17-8-11(14)15-5-16-12(8)18;1-19-2-5-7(17)8(18)11(20-5)16-4-15-6-9(12)13-3-14-10(6)16;1-4(2)3;7*1-2/h6-9,11,14H,4-5H2,1-3H3,(H2,15,16,17);5-7,9-10,13H,4H2,1-3H3,(H2,14,15,16);3-5,7-8,11,17-18H,2H2,1H3,(H2,12,13,14);4H,1-3H3;4*2H,1H3;3*1H2. The molecule has 12 atom stereocenters. The normalized spacial score (nSPS) is 23.7. The average molecular weight is 1210 g/mol.